The van der Waals surface area contributed by atoms with Crippen LogP contribution in [-0.2, 0) is 33.4 Å². The number of carbonyl (C=O) groups excluding carboxylic acids is 2. The topological polar surface area (TPSA) is 140 Å². The predicted octanol–water partition coefficient (Wildman–Crippen LogP) is 18.4. The average molecular weight is 1030 g/mol. The Kier molecular flexibility index (Phi) is 59.1. The summed E-state index contributed by atoms with van der Waals surface area (Å²) in [6.45, 7) is 7.25. The maximum atomic E-state index is 12.0. The van der Waals surface area contributed by atoms with Gasteiger partial charge in [-0.2, -0.15) is 0 Å². The number of hydrogen-bond acceptors (Lipinski definition) is 8. The summed E-state index contributed by atoms with van der Waals surface area (Å²) in [6, 6.07) is 0. The summed E-state index contributed by atoms with van der Waals surface area (Å²) in [5.41, 5.74) is 0. The molecule has 1 heterocycles. The fraction of sp³-hybridized carbons (Fsp3) is 0.841. The lowest BCUT2D eigenvalue weighted by Gasteiger charge is -2.15. The van der Waals surface area contributed by atoms with E-state index in [4.69, 9.17) is 24.4 Å². The quantitative estimate of drug-likeness (QED) is 0.0344. The molecule has 10 nitrogen and oxygen atoms in total. The Morgan fingerprint density at radius 3 is 1.04 bits per heavy atom. The molecule has 0 radical (unpaired) electrons. The molecule has 0 aromatic rings. The second kappa shape index (κ2) is 59.9. The van der Waals surface area contributed by atoms with Crippen LogP contribution in [0.15, 0.2) is 36.5 Å². The standard InChI is InChI=1S/C27H49NO5.2C18H34O2/c1-4-5-6-7-8-9-10-11-12-13-14-15-16-17-18-19-25(29)33-27-21-20-24(32-27)23-31-26(30)22-28(2)3;2*1-2-3-4-5-6-7-8-9-10-11-12-13-14-15-16-17-18(19)20/h11-12,24,27H,4-10,13-23H2,1-3H3;2*9-10H,2-8,11-17H2,1H3,(H,19,20)/b12-11-;2*10-9-/t24-,27-;;/m0../s1. The van der Waals surface area contributed by atoms with E-state index in [-0.39, 0.29) is 31.2 Å². The van der Waals surface area contributed by atoms with Crippen LogP contribution in [0.2, 0.25) is 0 Å². The lowest BCUT2D eigenvalue weighted by atomic mass is 10.1. The third-order valence-electron chi connectivity index (χ3n) is 13.2. The first-order valence-electron chi connectivity index (χ1n) is 30.6. The third kappa shape index (κ3) is 63.2. The number of allylic oxidation sites excluding steroid dienone is 6. The van der Waals surface area contributed by atoms with Crippen LogP contribution >= 0.6 is 0 Å². The SMILES string of the molecule is CCCCCCCC/C=C\CCCCCCCC(=O)O.CCCCCCCC/C=C\CCCCCCCC(=O)O.CCCCCCCC/C=C\CCCCCCCC(=O)O[C@H]1CC[C@@H](COC(=O)CN(C)C)O1. The van der Waals surface area contributed by atoms with Crippen LogP contribution in [0.1, 0.15) is 303 Å². The van der Waals surface area contributed by atoms with Crippen molar-refractivity contribution >= 4 is 23.9 Å². The van der Waals surface area contributed by atoms with Crippen LogP contribution in [0, 0.1) is 0 Å². The zero-order chi connectivity index (χ0) is 53.9. The van der Waals surface area contributed by atoms with E-state index in [0.29, 0.717) is 25.7 Å². The van der Waals surface area contributed by atoms with Crippen molar-refractivity contribution in [2.24, 2.45) is 0 Å². The maximum absolute atomic E-state index is 12.0. The Balaban J connectivity index is 0. The fourth-order valence-electron chi connectivity index (χ4n) is 8.61. The molecule has 0 bridgehead atoms. The van der Waals surface area contributed by atoms with E-state index in [1.54, 1.807) is 4.90 Å². The molecule has 2 N–H and O–H groups in total. The van der Waals surface area contributed by atoms with Gasteiger partial charge in [0.25, 0.3) is 0 Å². The fourth-order valence-corrected chi connectivity index (χ4v) is 8.61. The highest BCUT2D eigenvalue weighted by Gasteiger charge is 2.29. The second-order valence-electron chi connectivity index (χ2n) is 21.0. The van der Waals surface area contributed by atoms with Crippen molar-refractivity contribution in [1.82, 2.24) is 4.90 Å². The molecule has 0 aromatic carbocycles. The zero-order valence-electron chi connectivity index (χ0n) is 48.3. The van der Waals surface area contributed by atoms with Gasteiger partial charge in [0, 0.05) is 25.7 Å². The van der Waals surface area contributed by atoms with Gasteiger partial charge in [-0.3, -0.25) is 24.1 Å². The maximum Gasteiger partial charge on any atom is 0.320 e. The van der Waals surface area contributed by atoms with Crippen molar-refractivity contribution in [1.29, 1.82) is 0 Å². The van der Waals surface area contributed by atoms with Gasteiger partial charge in [0.15, 0.2) is 0 Å². The molecule has 73 heavy (non-hydrogen) atoms. The van der Waals surface area contributed by atoms with Gasteiger partial charge in [-0.25, -0.2) is 0 Å². The highest BCUT2D eigenvalue weighted by Crippen LogP contribution is 2.22. The molecule has 428 valence electrons. The number of likely N-dealkylation sites (N-methyl/N-ethyl adjacent to an activating group) is 1. The Bertz CT molecular complexity index is 1250. The molecule has 1 aliphatic heterocycles. The summed E-state index contributed by atoms with van der Waals surface area (Å²) >= 11 is 0. The Hall–Kier alpha value is -2.98. The number of rotatable bonds is 50. The predicted molar refractivity (Wildman–Crippen MR) is 307 cm³/mol. The van der Waals surface area contributed by atoms with E-state index in [1.807, 2.05) is 14.1 Å². The minimum atomic E-state index is -0.664. The van der Waals surface area contributed by atoms with E-state index in [2.05, 4.69) is 57.2 Å². The van der Waals surface area contributed by atoms with Crippen LogP contribution in [0.5, 0.6) is 0 Å². The number of ether oxygens (including phenoxy) is 3. The first kappa shape index (κ1) is 72.1. The largest absolute Gasteiger partial charge is 0.481 e. The molecule has 0 saturated carbocycles. The molecule has 2 atom stereocenters. The Morgan fingerprint density at radius 1 is 0.425 bits per heavy atom. The van der Waals surface area contributed by atoms with Gasteiger partial charge in [0.05, 0.1) is 12.6 Å². The summed E-state index contributed by atoms with van der Waals surface area (Å²) in [5, 5.41) is 17.0. The molecule has 1 aliphatic rings. The highest BCUT2D eigenvalue weighted by atomic mass is 16.7. The summed E-state index contributed by atoms with van der Waals surface area (Å²) in [7, 11) is 3.64. The Morgan fingerprint density at radius 2 is 0.726 bits per heavy atom. The molecule has 1 fully saturated rings. The minimum absolute atomic E-state index is 0.186. The van der Waals surface area contributed by atoms with Crippen LogP contribution in [0.4, 0.5) is 0 Å². The van der Waals surface area contributed by atoms with Gasteiger partial charge in [-0.05, 0) is 117 Å². The number of unbranched alkanes of at least 4 members (excludes halogenated alkanes) is 33. The number of carbonyl (C=O) groups is 4. The van der Waals surface area contributed by atoms with Gasteiger partial charge in [0.2, 0.25) is 6.29 Å². The number of carboxylic acids is 2. The zero-order valence-corrected chi connectivity index (χ0v) is 48.3. The molecule has 0 spiro atoms. The third-order valence-corrected chi connectivity index (χ3v) is 13.2. The lowest BCUT2D eigenvalue weighted by molar-refractivity contribution is -0.180. The highest BCUT2D eigenvalue weighted by molar-refractivity contribution is 5.71. The van der Waals surface area contributed by atoms with Crippen molar-refractivity contribution in [2.45, 2.75) is 316 Å². The normalized spacial score (nSPS) is 14.4. The van der Waals surface area contributed by atoms with E-state index >= 15 is 0 Å². The molecule has 0 amide bonds. The number of carboxylic acid groups (broad SMARTS) is 2. The number of aliphatic carboxylic acids is 2. The lowest BCUT2D eigenvalue weighted by Crippen LogP contribution is -2.27. The Labute approximate surface area is 450 Å². The minimum Gasteiger partial charge on any atom is -0.481 e. The molecular formula is C63H117NO9. The van der Waals surface area contributed by atoms with E-state index < -0.39 is 18.2 Å². The van der Waals surface area contributed by atoms with Gasteiger partial charge in [-0.15, -0.1) is 0 Å². The van der Waals surface area contributed by atoms with Crippen LogP contribution < -0.4 is 0 Å². The van der Waals surface area contributed by atoms with E-state index in [1.165, 1.54) is 212 Å². The average Bonchev–Trinajstić information content (AvgIpc) is 3.81. The second-order valence-corrected chi connectivity index (χ2v) is 21.0. The number of nitrogens with zero attached hydrogens (tertiary/aromatic N) is 1. The van der Waals surface area contributed by atoms with E-state index in [9.17, 15) is 19.2 Å². The summed E-state index contributed by atoms with van der Waals surface area (Å²) in [6.07, 6.45) is 64.4. The number of hydrogen-bond donors (Lipinski definition) is 2. The smallest absolute Gasteiger partial charge is 0.320 e. The molecule has 0 aliphatic carbocycles. The van der Waals surface area contributed by atoms with Crippen molar-refractivity contribution in [3.05, 3.63) is 36.5 Å². The van der Waals surface area contributed by atoms with Crippen molar-refractivity contribution < 1.29 is 43.6 Å². The summed E-state index contributed by atoms with van der Waals surface area (Å²) in [4.78, 5) is 46.0. The molecular weight excluding hydrogens is 915 g/mol. The van der Waals surface area contributed by atoms with E-state index in [0.717, 1.165) is 44.9 Å². The van der Waals surface area contributed by atoms with Gasteiger partial charge >= 0.3 is 23.9 Å². The summed E-state index contributed by atoms with van der Waals surface area (Å²) in [5.74, 6) is -1.79. The van der Waals surface area contributed by atoms with Crippen LogP contribution in [0.3, 0.4) is 0 Å². The molecule has 0 aromatic heterocycles. The van der Waals surface area contributed by atoms with Gasteiger partial charge in [-0.1, -0.05) is 211 Å². The molecule has 10 heteroatoms. The van der Waals surface area contributed by atoms with Crippen molar-refractivity contribution in [3.8, 4) is 0 Å². The molecule has 1 saturated heterocycles. The molecule has 0 unspecified atom stereocenters. The van der Waals surface area contributed by atoms with Crippen LogP contribution in [0.25, 0.3) is 0 Å². The van der Waals surface area contributed by atoms with Crippen molar-refractivity contribution in [3.63, 3.8) is 0 Å². The number of esters is 2. The van der Waals surface area contributed by atoms with Crippen LogP contribution in [-0.4, -0.2) is 78.6 Å². The first-order valence-corrected chi connectivity index (χ1v) is 30.6. The van der Waals surface area contributed by atoms with Gasteiger partial charge in [0.1, 0.15) is 6.61 Å². The van der Waals surface area contributed by atoms with Crippen molar-refractivity contribution in [2.75, 3.05) is 27.2 Å². The summed E-state index contributed by atoms with van der Waals surface area (Å²) < 4.78 is 16.3. The molecule has 1 rings (SSSR count). The van der Waals surface area contributed by atoms with Gasteiger partial charge < -0.3 is 24.4 Å². The first-order chi connectivity index (χ1) is 35.5. The monoisotopic (exact) mass is 1030 g/mol.